The van der Waals surface area contributed by atoms with Gasteiger partial charge in [0.05, 0.1) is 6.04 Å². The third-order valence-corrected chi connectivity index (χ3v) is 3.21. The van der Waals surface area contributed by atoms with Crippen LogP contribution in [0.1, 0.15) is 31.4 Å². The second kappa shape index (κ2) is 5.82. The van der Waals surface area contributed by atoms with E-state index < -0.39 is 6.04 Å². The van der Waals surface area contributed by atoms with Crippen LogP contribution in [-0.4, -0.2) is 11.9 Å². The Balaban J connectivity index is 2.77. The summed E-state index contributed by atoms with van der Waals surface area (Å²) in [5, 5.41) is 2.90. The van der Waals surface area contributed by atoms with E-state index >= 15 is 0 Å². The Morgan fingerprint density at radius 2 is 2.06 bits per heavy atom. The summed E-state index contributed by atoms with van der Waals surface area (Å²) in [6.07, 6.45) is 0.904. The minimum absolute atomic E-state index is 0.104. The number of hydrogen-bond acceptors (Lipinski definition) is 2. The second-order valence-corrected chi connectivity index (χ2v) is 4.72. The van der Waals surface area contributed by atoms with Gasteiger partial charge in [-0.3, -0.25) is 4.79 Å². The van der Waals surface area contributed by atoms with Gasteiger partial charge in [0.1, 0.15) is 0 Å². The number of rotatable bonds is 4. The van der Waals surface area contributed by atoms with E-state index in [1.54, 1.807) is 0 Å². The Hall–Kier alpha value is -1.35. The van der Waals surface area contributed by atoms with Crippen LogP contribution in [0.5, 0.6) is 0 Å². The molecular weight excluding hydrogens is 212 g/mol. The zero-order valence-electron chi connectivity index (χ0n) is 11.1. The van der Waals surface area contributed by atoms with Crippen LogP contribution in [0.25, 0.3) is 0 Å². The smallest absolute Gasteiger partial charge is 0.241 e. The van der Waals surface area contributed by atoms with Gasteiger partial charge in [0.25, 0.3) is 0 Å². The third-order valence-electron chi connectivity index (χ3n) is 3.21. The Labute approximate surface area is 103 Å². The number of nitrogens with one attached hydrogen (secondary N) is 1. The largest absolute Gasteiger partial charge is 0.324 e. The molecule has 0 aliphatic heterocycles. The monoisotopic (exact) mass is 234 g/mol. The fourth-order valence-corrected chi connectivity index (χ4v) is 1.60. The average Bonchev–Trinajstić information content (AvgIpc) is 2.31. The molecule has 0 aliphatic rings. The Morgan fingerprint density at radius 1 is 1.41 bits per heavy atom. The summed E-state index contributed by atoms with van der Waals surface area (Å²) in [7, 11) is 0. The van der Waals surface area contributed by atoms with E-state index in [9.17, 15) is 4.79 Å². The molecule has 0 fully saturated rings. The average molecular weight is 234 g/mol. The fraction of sp³-hybridized carbons (Fsp3) is 0.500. The number of aryl methyl sites for hydroxylation is 2. The number of nitrogens with two attached hydrogens (primary N) is 1. The first-order valence-corrected chi connectivity index (χ1v) is 6.09. The molecule has 3 heteroatoms. The molecule has 0 aliphatic carbocycles. The summed E-state index contributed by atoms with van der Waals surface area (Å²) in [6.45, 7) is 8.01. The molecule has 0 aromatic heterocycles. The van der Waals surface area contributed by atoms with Gasteiger partial charge in [-0.2, -0.15) is 0 Å². The molecule has 0 heterocycles. The number of amides is 1. The first-order valence-electron chi connectivity index (χ1n) is 6.09. The van der Waals surface area contributed by atoms with Crippen LogP contribution in [0.4, 0.5) is 5.69 Å². The number of anilines is 1. The quantitative estimate of drug-likeness (QED) is 0.841. The number of carbonyl (C=O) groups is 1. The normalized spacial score (nSPS) is 14.2. The van der Waals surface area contributed by atoms with Crippen molar-refractivity contribution in [3.63, 3.8) is 0 Å². The van der Waals surface area contributed by atoms with E-state index in [4.69, 9.17) is 5.73 Å². The maximum absolute atomic E-state index is 11.9. The highest BCUT2D eigenvalue weighted by atomic mass is 16.2. The predicted molar refractivity (Wildman–Crippen MR) is 72.0 cm³/mol. The molecule has 0 saturated heterocycles. The Morgan fingerprint density at radius 3 is 2.65 bits per heavy atom. The van der Waals surface area contributed by atoms with Gasteiger partial charge in [0.15, 0.2) is 0 Å². The van der Waals surface area contributed by atoms with Gasteiger partial charge in [-0.25, -0.2) is 0 Å². The van der Waals surface area contributed by atoms with Crippen molar-refractivity contribution in [1.29, 1.82) is 0 Å². The first kappa shape index (κ1) is 13.7. The van der Waals surface area contributed by atoms with Crippen LogP contribution in [0.15, 0.2) is 18.2 Å². The molecule has 1 amide bonds. The number of hydrogen-bond donors (Lipinski definition) is 2. The zero-order valence-corrected chi connectivity index (χ0v) is 11.1. The summed E-state index contributed by atoms with van der Waals surface area (Å²) in [6, 6.07) is 5.55. The molecule has 3 N–H and O–H groups in total. The van der Waals surface area contributed by atoms with Gasteiger partial charge in [0.2, 0.25) is 5.91 Å². The lowest BCUT2D eigenvalue weighted by atomic mass is 9.99. The van der Waals surface area contributed by atoms with E-state index in [0.717, 1.165) is 23.2 Å². The summed E-state index contributed by atoms with van der Waals surface area (Å²) >= 11 is 0. The van der Waals surface area contributed by atoms with Crippen LogP contribution in [0.2, 0.25) is 0 Å². The Kier molecular flexibility index (Phi) is 4.70. The summed E-state index contributed by atoms with van der Waals surface area (Å²) < 4.78 is 0. The molecule has 0 radical (unpaired) electrons. The maximum atomic E-state index is 11.9. The van der Waals surface area contributed by atoms with Crippen molar-refractivity contribution in [3.05, 3.63) is 29.3 Å². The van der Waals surface area contributed by atoms with Crippen molar-refractivity contribution in [2.45, 2.75) is 40.2 Å². The topological polar surface area (TPSA) is 55.1 Å². The molecule has 1 aromatic rings. The van der Waals surface area contributed by atoms with E-state index in [2.05, 4.69) is 5.32 Å². The fourth-order valence-electron chi connectivity index (χ4n) is 1.60. The minimum Gasteiger partial charge on any atom is -0.324 e. The van der Waals surface area contributed by atoms with E-state index in [-0.39, 0.29) is 11.8 Å². The zero-order chi connectivity index (χ0) is 13.0. The van der Waals surface area contributed by atoms with Gasteiger partial charge >= 0.3 is 0 Å². The molecule has 0 bridgehead atoms. The SMILES string of the molecule is CCC(C)[C@H](N)C(=O)Nc1cc(C)ccc1C. The minimum atomic E-state index is -0.445. The lowest BCUT2D eigenvalue weighted by Crippen LogP contribution is -2.40. The highest BCUT2D eigenvalue weighted by molar-refractivity contribution is 5.95. The molecule has 94 valence electrons. The lowest BCUT2D eigenvalue weighted by molar-refractivity contribution is -0.118. The van der Waals surface area contributed by atoms with Crippen molar-refractivity contribution < 1.29 is 4.79 Å². The Bertz CT molecular complexity index is 401. The molecule has 17 heavy (non-hydrogen) atoms. The van der Waals surface area contributed by atoms with Crippen molar-refractivity contribution in [1.82, 2.24) is 0 Å². The highest BCUT2D eigenvalue weighted by Crippen LogP contribution is 2.17. The number of carbonyl (C=O) groups excluding carboxylic acids is 1. The van der Waals surface area contributed by atoms with Crippen molar-refractivity contribution in [3.8, 4) is 0 Å². The van der Waals surface area contributed by atoms with E-state index in [0.29, 0.717) is 0 Å². The van der Waals surface area contributed by atoms with Crippen molar-refractivity contribution in [2.24, 2.45) is 11.7 Å². The summed E-state index contributed by atoms with van der Waals surface area (Å²) in [5.41, 5.74) is 8.93. The molecule has 1 aromatic carbocycles. The first-order chi connectivity index (χ1) is 7.95. The van der Waals surface area contributed by atoms with Gasteiger partial charge in [-0.1, -0.05) is 32.4 Å². The summed E-state index contributed by atoms with van der Waals surface area (Å²) in [4.78, 5) is 11.9. The molecule has 3 nitrogen and oxygen atoms in total. The van der Waals surface area contributed by atoms with E-state index in [1.807, 2.05) is 45.9 Å². The lowest BCUT2D eigenvalue weighted by Gasteiger charge is -2.18. The van der Waals surface area contributed by atoms with Crippen LogP contribution in [0, 0.1) is 19.8 Å². The second-order valence-electron chi connectivity index (χ2n) is 4.72. The molecular formula is C14H22N2O. The van der Waals surface area contributed by atoms with Gasteiger partial charge in [-0.15, -0.1) is 0 Å². The molecule has 1 unspecified atom stereocenters. The van der Waals surface area contributed by atoms with E-state index in [1.165, 1.54) is 0 Å². The number of benzene rings is 1. The standard InChI is InChI=1S/C14H22N2O/c1-5-10(3)13(15)14(17)16-12-8-9(2)6-7-11(12)4/h6-8,10,13H,5,15H2,1-4H3,(H,16,17)/t10?,13-/m0/s1. The summed E-state index contributed by atoms with van der Waals surface area (Å²) in [5.74, 6) is 0.0909. The van der Waals surface area contributed by atoms with Crippen molar-refractivity contribution in [2.75, 3.05) is 5.32 Å². The molecule has 1 rings (SSSR count). The van der Waals surface area contributed by atoms with Crippen molar-refractivity contribution >= 4 is 11.6 Å². The maximum Gasteiger partial charge on any atom is 0.241 e. The van der Waals surface area contributed by atoms with Gasteiger partial charge < -0.3 is 11.1 Å². The van der Waals surface area contributed by atoms with Gasteiger partial charge in [-0.05, 0) is 37.0 Å². The predicted octanol–water partition coefficient (Wildman–Crippen LogP) is 2.62. The third kappa shape index (κ3) is 3.56. The molecule has 2 atom stereocenters. The van der Waals surface area contributed by atoms with Gasteiger partial charge in [0, 0.05) is 5.69 Å². The molecule has 0 saturated carbocycles. The van der Waals surface area contributed by atoms with Crippen LogP contribution in [0.3, 0.4) is 0 Å². The molecule has 0 spiro atoms. The van der Waals surface area contributed by atoms with Crippen LogP contribution in [-0.2, 0) is 4.79 Å². The van der Waals surface area contributed by atoms with Crippen LogP contribution < -0.4 is 11.1 Å². The van der Waals surface area contributed by atoms with Crippen LogP contribution >= 0.6 is 0 Å². The highest BCUT2D eigenvalue weighted by Gasteiger charge is 2.19.